The minimum absolute atomic E-state index is 0.00329. The van der Waals surface area contributed by atoms with Crippen LogP contribution in [0, 0.1) is 0 Å². The van der Waals surface area contributed by atoms with Crippen LogP contribution in [-0.2, 0) is 23.9 Å². The van der Waals surface area contributed by atoms with Crippen LogP contribution >= 0.6 is 0 Å². The molecule has 0 radical (unpaired) electrons. The lowest BCUT2D eigenvalue weighted by Crippen LogP contribution is -2.11. The topological polar surface area (TPSA) is 69.7 Å². The van der Waals surface area contributed by atoms with Gasteiger partial charge >= 0.3 is 11.9 Å². The minimum atomic E-state index is -0.698. The molecule has 82 valence electrons. The van der Waals surface area contributed by atoms with E-state index in [1.54, 1.807) is 0 Å². The Balaban J connectivity index is 5.23. The maximum atomic E-state index is 11.2. The van der Waals surface area contributed by atoms with Crippen LogP contribution in [0.4, 0.5) is 0 Å². The van der Waals surface area contributed by atoms with Gasteiger partial charge in [-0.15, -0.1) is 0 Å². The van der Waals surface area contributed by atoms with Crippen molar-refractivity contribution in [3.05, 3.63) is 23.3 Å². The van der Waals surface area contributed by atoms with E-state index in [-0.39, 0.29) is 11.1 Å². The molecule has 0 aliphatic heterocycles. The van der Waals surface area contributed by atoms with Crippen molar-refractivity contribution in [2.75, 3.05) is 14.2 Å². The molecule has 0 saturated carbocycles. The third kappa shape index (κ3) is 3.76. The van der Waals surface area contributed by atoms with Gasteiger partial charge < -0.3 is 9.47 Å². The number of hydrogen-bond acceptors (Lipinski definition) is 5. The zero-order chi connectivity index (χ0) is 11.8. The second-order valence-corrected chi connectivity index (χ2v) is 2.52. The van der Waals surface area contributed by atoms with Gasteiger partial charge in [0.05, 0.1) is 19.8 Å². The number of allylic oxidation sites excluding steroid dienone is 1. The first-order valence-corrected chi connectivity index (χ1v) is 4.07. The summed E-state index contributed by atoms with van der Waals surface area (Å²) in [6.07, 6.45) is 2.79. The average molecular weight is 212 g/mol. The van der Waals surface area contributed by atoms with E-state index in [2.05, 4.69) is 9.47 Å². The summed E-state index contributed by atoms with van der Waals surface area (Å²) in [5.41, 5.74) is 0.0823. The molecule has 0 unspecified atom stereocenters. The third-order valence-corrected chi connectivity index (χ3v) is 1.64. The third-order valence-electron chi connectivity index (χ3n) is 1.64. The Hall–Kier alpha value is -1.91. The molecule has 15 heavy (non-hydrogen) atoms. The molecular formula is C10H12O5. The Labute approximate surface area is 87.4 Å². The highest BCUT2D eigenvalue weighted by atomic mass is 16.5. The van der Waals surface area contributed by atoms with Crippen LogP contribution in [0.25, 0.3) is 0 Å². The molecule has 0 atom stereocenters. The molecule has 5 nitrogen and oxygen atoms in total. The Bertz CT molecular complexity index is 325. The second kappa shape index (κ2) is 6.53. The zero-order valence-electron chi connectivity index (χ0n) is 8.77. The predicted octanol–water partition coefficient (Wildman–Crippen LogP) is 0.404. The van der Waals surface area contributed by atoms with Crippen LogP contribution in [0.2, 0.25) is 0 Å². The van der Waals surface area contributed by atoms with Crippen molar-refractivity contribution in [2.45, 2.75) is 6.92 Å². The van der Waals surface area contributed by atoms with Crippen molar-refractivity contribution in [1.29, 1.82) is 0 Å². The molecule has 0 aromatic carbocycles. The molecule has 0 aliphatic carbocycles. The molecule has 0 rings (SSSR count). The molecule has 0 aromatic heterocycles. The van der Waals surface area contributed by atoms with E-state index in [0.717, 1.165) is 6.08 Å². The fourth-order valence-corrected chi connectivity index (χ4v) is 0.855. The Morgan fingerprint density at radius 3 is 2.00 bits per heavy atom. The summed E-state index contributed by atoms with van der Waals surface area (Å²) in [6.45, 7) is 1.41. The lowest BCUT2D eigenvalue weighted by atomic mass is 10.1. The fraction of sp³-hybridized carbons (Fsp3) is 0.300. The summed E-state index contributed by atoms with van der Waals surface area (Å²) >= 11 is 0. The van der Waals surface area contributed by atoms with Gasteiger partial charge in [-0.2, -0.15) is 0 Å². The predicted molar refractivity (Wildman–Crippen MR) is 51.9 cm³/mol. The standard InChI is InChI=1S/C10H12O5/c1-7(9(12)14-2)8(5-4-6-11)10(13)15-3/h4-6H,1-3H3/b5-4+,8-7-. The van der Waals surface area contributed by atoms with Crippen LogP contribution in [0.3, 0.4) is 0 Å². The first-order valence-electron chi connectivity index (χ1n) is 4.07. The number of esters is 2. The summed E-state index contributed by atoms with van der Waals surface area (Å²) in [6, 6.07) is 0. The summed E-state index contributed by atoms with van der Waals surface area (Å²) in [5.74, 6) is -1.35. The maximum Gasteiger partial charge on any atom is 0.338 e. The summed E-state index contributed by atoms with van der Waals surface area (Å²) in [4.78, 5) is 32.5. The monoisotopic (exact) mass is 212 g/mol. The summed E-state index contributed by atoms with van der Waals surface area (Å²) < 4.78 is 8.89. The molecule has 0 aromatic rings. The molecule has 0 aliphatic rings. The van der Waals surface area contributed by atoms with Gasteiger partial charge in [-0.25, -0.2) is 9.59 Å². The highest BCUT2D eigenvalue weighted by Crippen LogP contribution is 2.09. The van der Waals surface area contributed by atoms with E-state index >= 15 is 0 Å². The van der Waals surface area contributed by atoms with Gasteiger partial charge in [0.1, 0.15) is 6.29 Å². The first-order chi connectivity index (χ1) is 7.08. The number of carbonyl (C=O) groups is 3. The number of rotatable bonds is 4. The molecular weight excluding hydrogens is 200 g/mol. The number of aldehydes is 1. The van der Waals surface area contributed by atoms with E-state index in [1.807, 2.05) is 0 Å². The molecule has 0 saturated heterocycles. The van der Waals surface area contributed by atoms with Gasteiger partial charge in [0.2, 0.25) is 0 Å². The van der Waals surface area contributed by atoms with Gasteiger partial charge in [0.15, 0.2) is 0 Å². The van der Waals surface area contributed by atoms with Crippen molar-refractivity contribution in [1.82, 2.24) is 0 Å². The lowest BCUT2D eigenvalue weighted by molar-refractivity contribution is -0.139. The highest BCUT2D eigenvalue weighted by molar-refractivity contribution is 6.02. The fourth-order valence-electron chi connectivity index (χ4n) is 0.855. The lowest BCUT2D eigenvalue weighted by Gasteiger charge is -2.04. The van der Waals surface area contributed by atoms with Gasteiger partial charge in [0, 0.05) is 5.57 Å². The van der Waals surface area contributed by atoms with Crippen LogP contribution in [-0.4, -0.2) is 32.4 Å². The smallest absolute Gasteiger partial charge is 0.338 e. The van der Waals surface area contributed by atoms with Gasteiger partial charge in [-0.1, -0.05) is 0 Å². The zero-order valence-corrected chi connectivity index (χ0v) is 8.77. The molecule has 0 heterocycles. The van der Waals surface area contributed by atoms with E-state index in [9.17, 15) is 14.4 Å². The summed E-state index contributed by atoms with van der Waals surface area (Å²) in [7, 11) is 2.38. The quantitative estimate of drug-likeness (QED) is 0.292. The molecule has 0 fully saturated rings. The van der Waals surface area contributed by atoms with E-state index in [1.165, 1.54) is 27.2 Å². The molecule has 0 spiro atoms. The second-order valence-electron chi connectivity index (χ2n) is 2.52. The van der Waals surface area contributed by atoms with Crippen molar-refractivity contribution < 1.29 is 23.9 Å². The van der Waals surface area contributed by atoms with Crippen molar-refractivity contribution >= 4 is 18.2 Å². The summed E-state index contributed by atoms with van der Waals surface area (Å²) in [5, 5.41) is 0. The maximum absolute atomic E-state index is 11.2. The van der Waals surface area contributed by atoms with Crippen molar-refractivity contribution in [2.24, 2.45) is 0 Å². The minimum Gasteiger partial charge on any atom is -0.466 e. The average Bonchev–Trinajstić information content (AvgIpc) is 2.27. The van der Waals surface area contributed by atoms with Crippen LogP contribution in [0.1, 0.15) is 6.92 Å². The Kier molecular flexibility index (Phi) is 5.70. The SMILES string of the molecule is COC(=O)/C(C)=C(/C=C/C=O)C(=O)OC. The Morgan fingerprint density at radius 2 is 1.60 bits per heavy atom. The van der Waals surface area contributed by atoms with E-state index in [4.69, 9.17) is 0 Å². The molecule has 0 N–H and O–H groups in total. The molecule has 5 heteroatoms. The first kappa shape index (κ1) is 13.1. The van der Waals surface area contributed by atoms with Crippen molar-refractivity contribution in [3.8, 4) is 0 Å². The van der Waals surface area contributed by atoms with Crippen LogP contribution in [0.15, 0.2) is 23.3 Å². The normalized spacial score (nSPS) is 11.9. The van der Waals surface area contributed by atoms with E-state index < -0.39 is 11.9 Å². The van der Waals surface area contributed by atoms with Crippen LogP contribution < -0.4 is 0 Å². The van der Waals surface area contributed by atoms with Gasteiger partial charge in [-0.3, -0.25) is 4.79 Å². The van der Waals surface area contributed by atoms with Gasteiger partial charge in [0.25, 0.3) is 0 Å². The Morgan fingerprint density at radius 1 is 1.07 bits per heavy atom. The number of methoxy groups -OCH3 is 2. The largest absolute Gasteiger partial charge is 0.466 e. The van der Waals surface area contributed by atoms with E-state index in [0.29, 0.717) is 6.29 Å². The number of carbonyl (C=O) groups excluding carboxylic acids is 3. The highest BCUT2D eigenvalue weighted by Gasteiger charge is 2.15. The van der Waals surface area contributed by atoms with Gasteiger partial charge in [-0.05, 0) is 19.1 Å². The van der Waals surface area contributed by atoms with Crippen molar-refractivity contribution in [3.63, 3.8) is 0 Å². The number of hydrogen-bond donors (Lipinski definition) is 0. The number of ether oxygens (including phenoxy) is 2. The van der Waals surface area contributed by atoms with Crippen LogP contribution in [0.5, 0.6) is 0 Å². The molecule has 0 amide bonds. The molecule has 0 bridgehead atoms.